The van der Waals surface area contributed by atoms with Gasteiger partial charge in [0, 0.05) is 78.3 Å². The standard InChI is InChI=1S/C52H57Cl2FN10O6S/c1-31-32(2)72-51-44(31)47(34-9-11-36(53)12-10-34)58-42(50-62-61-33(3)65(50)51)30-43(67)57-15-19-68-21-23-70-25-26-71-24-22-69-20-18-63(4)52-59-48-40(49(60-52)64-16-13-56-14-17-64)29-41(54)45(46(48)55)39-28-37(66)27-35-7-5-6-8-38(35)39/h5-12,27-29,42,56,66H,13-26,30H2,1-4H3,(H,57,67)/t42-/m0/s1. The molecule has 1 fully saturated rings. The van der Waals surface area contributed by atoms with E-state index in [1.54, 1.807) is 23.5 Å². The molecule has 0 bridgehead atoms. The molecule has 0 unspecified atom stereocenters. The van der Waals surface area contributed by atoms with Crippen LogP contribution in [0.5, 0.6) is 5.75 Å². The molecule has 4 aromatic carbocycles. The summed E-state index contributed by atoms with van der Waals surface area (Å²) in [5.41, 5.74) is 4.65. The topological polar surface area (TPSA) is 174 Å². The van der Waals surface area contributed by atoms with Crippen LogP contribution in [0.15, 0.2) is 71.7 Å². The maximum Gasteiger partial charge on any atom is 0.227 e. The van der Waals surface area contributed by atoms with Gasteiger partial charge in [-0.2, -0.15) is 4.98 Å². The summed E-state index contributed by atoms with van der Waals surface area (Å²) in [4.78, 5) is 33.3. The molecule has 2 aliphatic heterocycles. The Bertz CT molecular complexity index is 3090. The molecule has 0 saturated carbocycles. The molecular weight excluding hydrogens is 983 g/mol. The summed E-state index contributed by atoms with van der Waals surface area (Å²) in [6.45, 7) is 12.7. The quantitative estimate of drug-likeness (QED) is 0.0589. The van der Waals surface area contributed by atoms with Crippen molar-refractivity contribution in [2.24, 2.45) is 4.99 Å². The van der Waals surface area contributed by atoms with Crippen LogP contribution in [0.25, 0.3) is 37.8 Å². The predicted octanol–water partition coefficient (Wildman–Crippen LogP) is 8.18. The molecule has 16 nitrogen and oxygen atoms in total. The number of piperazine rings is 1. The van der Waals surface area contributed by atoms with Crippen molar-refractivity contribution in [3.63, 3.8) is 0 Å². The van der Waals surface area contributed by atoms with E-state index in [0.717, 1.165) is 57.1 Å². The van der Waals surface area contributed by atoms with Crippen LogP contribution in [0.3, 0.4) is 0 Å². The van der Waals surface area contributed by atoms with E-state index in [4.69, 9.17) is 57.1 Å². The lowest BCUT2D eigenvalue weighted by atomic mass is 9.96. The van der Waals surface area contributed by atoms with Crippen molar-refractivity contribution in [2.45, 2.75) is 33.2 Å². The average Bonchev–Trinajstić information content (AvgIpc) is 3.86. The minimum Gasteiger partial charge on any atom is -0.508 e. The van der Waals surface area contributed by atoms with Gasteiger partial charge >= 0.3 is 0 Å². The number of thiophene rings is 1. The Balaban J connectivity index is 0.691. The van der Waals surface area contributed by atoms with Crippen molar-refractivity contribution in [1.82, 2.24) is 35.4 Å². The Morgan fingerprint density at radius 1 is 0.875 bits per heavy atom. The number of hydrogen-bond donors (Lipinski definition) is 3. The second kappa shape index (κ2) is 23.4. The van der Waals surface area contributed by atoms with Crippen molar-refractivity contribution in [2.75, 3.05) is 109 Å². The molecule has 378 valence electrons. The number of phenols is 1. The molecule has 20 heteroatoms. The normalized spacial score (nSPS) is 14.6. The van der Waals surface area contributed by atoms with Crippen LogP contribution < -0.4 is 20.4 Å². The lowest BCUT2D eigenvalue weighted by molar-refractivity contribution is -0.121. The smallest absolute Gasteiger partial charge is 0.227 e. The van der Waals surface area contributed by atoms with E-state index in [1.807, 2.05) is 72.0 Å². The molecule has 7 aromatic rings. The highest BCUT2D eigenvalue weighted by Gasteiger charge is 2.33. The lowest BCUT2D eigenvalue weighted by Gasteiger charge is -2.30. The van der Waals surface area contributed by atoms with Crippen LogP contribution in [0.2, 0.25) is 10.0 Å². The summed E-state index contributed by atoms with van der Waals surface area (Å²) in [5, 5.41) is 29.6. The number of fused-ring (bicyclic) bond motifs is 5. The number of aromatic hydroxyl groups is 1. The number of nitrogens with one attached hydrogen (secondary N) is 2. The highest BCUT2D eigenvalue weighted by atomic mass is 35.5. The number of carbonyl (C=O) groups is 1. The molecular formula is C52H57Cl2FN10O6S. The van der Waals surface area contributed by atoms with Gasteiger partial charge in [0.2, 0.25) is 11.9 Å². The maximum atomic E-state index is 16.9. The molecule has 2 aliphatic rings. The van der Waals surface area contributed by atoms with Crippen molar-refractivity contribution in [3.05, 3.63) is 116 Å². The third-order valence-electron chi connectivity index (χ3n) is 12.7. The first-order chi connectivity index (χ1) is 35.0. The average molecular weight is 1040 g/mol. The zero-order chi connectivity index (χ0) is 50.3. The van der Waals surface area contributed by atoms with Crippen LogP contribution in [0.1, 0.15) is 45.7 Å². The molecule has 72 heavy (non-hydrogen) atoms. The third kappa shape index (κ3) is 11.4. The lowest BCUT2D eigenvalue weighted by Crippen LogP contribution is -2.44. The number of halogens is 3. The van der Waals surface area contributed by atoms with Gasteiger partial charge in [0.25, 0.3) is 0 Å². The van der Waals surface area contributed by atoms with Crippen molar-refractivity contribution < 1.29 is 33.2 Å². The van der Waals surface area contributed by atoms with Gasteiger partial charge in [0.1, 0.15) is 34.0 Å². The number of carbonyl (C=O) groups excluding carboxylic acids is 1. The first kappa shape index (κ1) is 51.1. The summed E-state index contributed by atoms with van der Waals surface area (Å²) >= 11 is 14.8. The van der Waals surface area contributed by atoms with Gasteiger partial charge in [-0.05, 0) is 73.0 Å². The van der Waals surface area contributed by atoms with E-state index in [9.17, 15) is 9.90 Å². The Labute approximate surface area is 431 Å². The second-order valence-electron chi connectivity index (χ2n) is 17.6. The number of aliphatic imine (C=N–C) groups is 1. The Morgan fingerprint density at radius 3 is 2.31 bits per heavy atom. The summed E-state index contributed by atoms with van der Waals surface area (Å²) < 4.78 is 41.9. The molecule has 0 radical (unpaired) electrons. The van der Waals surface area contributed by atoms with Crippen LogP contribution >= 0.6 is 34.5 Å². The molecule has 1 amide bonds. The number of aromatic nitrogens is 5. The highest BCUT2D eigenvalue weighted by molar-refractivity contribution is 7.15. The van der Waals surface area contributed by atoms with Crippen molar-refractivity contribution in [3.8, 4) is 21.9 Å². The number of aryl methyl sites for hydroxylation is 2. The van der Waals surface area contributed by atoms with Gasteiger partial charge in [-0.15, -0.1) is 21.5 Å². The number of benzene rings is 4. The van der Waals surface area contributed by atoms with E-state index < -0.39 is 11.9 Å². The van der Waals surface area contributed by atoms with Crippen LogP contribution in [-0.4, -0.2) is 141 Å². The van der Waals surface area contributed by atoms with E-state index >= 15 is 4.39 Å². The summed E-state index contributed by atoms with van der Waals surface area (Å²) in [5.74, 6) is 1.57. The van der Waals surface area contributed by atoms with Crippen LogP contribution in [-0.2, 0) is 23.7 Å². The summed E-state index contributed by atoms with van der Waals surface area (Å²) in [7, 11) is 1.85. The van der Waals surface area contributed by atoms with Gasteiger partial charge in [-0.25, -0.2) is 9.37 Å². The number of likely N-dealkylation sites (N-methyl/N-ethyl adjacent to an activating group) is 1. The zero-order valence-electron chi connectivity index (χ0n) is 40.6. The molecule has 5 heterocycles. The highest BCUT2D eigenvalue weighted by Crippen LogP contribution is 2.43. The molecule has 3 aromatic heterocycles. The second-order valence-corrected chi connectivity index (χ2v) is 19.6. The van der Waals surface area contributed by atoms with Gasteiger partial charge in [0.15, 0.2) is 11.6 Å². The zero-order valence-corrected chi connectivity index (χ0v) is 43.0. The number of amides is 1. The fourth-order valence-electron chi connectivity index (χ4n) is 8.91. The first-order valence-corrected chi connectivity index (χ1v) is 25.6. The minimum absolute atomic E-state index is 0.0104. The molecule has 0 spiro atoms. The summed E-state index contributed by atoms with van der Waals surface area (Å²) in [6.07, 6.45) is 0.0908. The predicted molar refractivity (Wildman–Crippen MR) is 282 cm³/mol. The fourth-order valence-corrected chi connectivity index (χ4v) is 10.5. The first-order valence-electron chi connectivity index (χ1n) is 24.0. The Kier molecular flexibility index (Phi) is 16.6. The molecule has 9 rings (SSSR count). The van der Waals surface area contributed by atoms with Crippen molar-refractivity contribution >= 4 is 79.6 Å². The number of nitrogens with zero attached hydrogens (tertiary/aromatic N) is 8. The van der Waals surface area contributed by atoms with Gasteiger partial charge in [0.05, 0.1) is 70.0 Å². The summed E-state index contributed by atoms with van der Waals surface area (Å²) in [6, 6.07) is 19.4. The number of anilines is 2. The van der Waals surface area contributed by atoms with Gasteiger partial charge in [-0.3, -0.25) is 14.4 Å². The third-order valence-corrected chi connectivity index (χ3v) is 14.5. The van der Waals surface area contributed by atoms with Crippen LogP contribution in [0.4, 0.5) is 16.2 Å². The van der Waals surface area contributed by atoms with Crippen molar-refractivity contribution in [1.29, 1.82) is 0 Å². The van der Waals surface area contributed by atoms with E-state index in [1.165, 1.54) is 10.9 Å². The SMILES string of the molecule is Cc1sc2c(c1C)C(c1ccc(Cl)cc1)=N[C@@H](CC(=O)NCCOCCOCCOCCOCCN(C)c1nc(N3CCNCC3)c3cc(Cl)c(-c4cc(O)cc5ccccc45)c(F)c3n1)c1nnc(C)n1-2. The van der Waals surface area contributed by atoms with E-state index in [0.29, 0.717) is 113 Å². The number of hydrogen-bond acceptors (Lipinski definition) is 15. The van der Waals surface area contributed by atoms with Crippen LogP contribution in [0, 0.1) is 26.6 Å². The number of ether oxygens (including phenoxy) is 4. The van der Waals surface area contributed by atoms with Gasteiger partial charge in [-0.1, -0.05) is 59.6 Å². The number of phenolic OH excluding ortho intramolecular Hbond substituents is 1. The Morgan fingerprint density at radius 2 is 1.57 bits per heavy atom. The molecule has 1 atom stereocenters. The fraction of sp³-hybridized carbons (Fsp3) is 0.385. The minimum atomic E-state index is -0.582. The van der Waals surface area contributed by atoms with E-state index in [-0.39, 0.29) is 34.2 Å². The molecule has 3 N–H and O–H groups in total. The molecule has 1 saturated heterocycles. The van der Waals surface area contributed by atoms with E-state index in [2.05, 4.69) is 39.6 Å². The maximum absolute atomic E-state index is 16.9. The Hall–Kier alpha value is -5.83. The number of rotatable bonds is 21. The molecule has 0 aliphatic carbocycles. The van der Waals surface area contributed by atoms with Gasteiger partial charge < -0.3 is 44.5 Å². The largest absolute Gasteiger partial charge is 0.508 e. The monoisotopic (exact) mass is 1040 g/mol.